The number of halogens is 1. The molecule has 0 fully saturated rings. The number of thioether (sulfide) groups is 1. The highest BCUT2D eigenvalue weighted by Crippen LogP contribution is 2.30. The second-order valence-corrected chi connectivity index (χ2v) is 8.95. The predicted molar refractivity (Wildman–Crippen MR) is 130 cm³/mol. The number of hydrogen-bond acceptors (Lipinski definition) is 3. The van der Waals surface area contributed by atoms with Crippen LogP contribution in [0.4, 0.5) is 11.4 Å². The van der Waals surface area contributed by atoms with Crippen molar-refractivity contribution in [3.05, 3.63) is 88.4 Å². The van der Waals surface area contributed by atoms with Crippen LogP contribution >= 0.6 is 23.4 Å². The molecule has 0 radical (unpaired) electrons. The molecule has 4 nitrogen and oxygen atoms in total. The maximum absolute atomic E-state index is 12.8. The number of hydrogen-bond donors (Lipinski definition) is 2. The average molecular weight is 453 g/mol. The van der Waals surface area contributed by atoms with E-state index >= 15 is 0 Å². The van der Waals surface area contributed by atoms with Crippen LogP contribution in [-0.2, 0) is 4.79 Å². The van der Waals surface area contributed by atoms with E-state index in [4.69, 9.17) is 11.6 Å². The summed E-state index contributed by atoms with van der Waals surface area (Å²) < 4.78 is 0. The van der Waals surface area contributed by atoms with Gasteiger partial charge in [-0.1, -0.05) is 48.4 Å². The number of benzene rings is 3. The molecule has 1 unspecified atom stereocenters. The standard InChI is InChI=1S/C25H25ClN2O2S/c1-4-23(25(30)28-22-13-7-12-21(26)17(22)3)31-20-11-6-10-19(15-20)27-24(29)18-9-5-8-16(2)14-18/h5-15,23H,4H2,1-3H3,(H,27,29)(H,28,30). The molecule has 0 spiro atoms. The van der Waals surface area contributed by atoms with Crippen molar-refractivity contribution in [3.8, 4) is 0 Å². The third-order valence-electron chi connectivity index (χ3n) is 4.84. The zero-order chi connectivity index (χ0) is 22.4. The van der Waals surface area contributed by atoms with Gasteiger partial charge in [0.1, 0.15) is 0 Å². The molecular formula is C25H25ClN2O2S. The van der Waals surface area contributed by atoms with Gasteiger partial charge in [0.25, 0.3) is 5.91 Å². The van der Waals surface area contributed by atoms with Crippen molar-refractivity contribution in [1.29, 1.82) is 0 Å². The smallest absolute Gasteiger partial charge is 0.255 e. The first-order valence-electron chi connectivity index (χ1n) is 10.1. The Morgan fingerprint density at radius 2 is 1.71 bits per heavy atom. The maximum Gasteiger partial charge on any atom is 0.255 e. The monoisotopic (exact) mass is 452 g/mol. The van der Waals surface area contributed by atoms with Gasteiger partial charge in [0.15, 0.2) is 0 Å². The van der Waals surface area contributed by atoms with Crippen LogP contribution in [0.3, 0.4) is 0 Å². The summed E-state index contributed by atoms with van der Waals surface area (Å²) >= 11 is 7.63. The van der Waals surface area contributed by atoms with E-state index in [1.807, 2.05) is 75.4 Å². The average Bonchev–Trinajstić information content (AvgIpc) is 2.75. The molecule has 0 bridgehead atoms. The van der Waals surface area contributed by atoms with Crippen molar-refractivity contribution in [1.82, 2.24) is 0 Å². The molecule has 0 saturated carbocycles. The number of amides is 2. The molecule has 31 heavy (non-hydrogen) atoms. The number of rotatable bonds is 7. The molecule has 0 aliphatic carbocycles. The summed E-state index contributed by atoms with van der Waals surface area (Å²) in [6.45, 7) is 5.81. The fourth-order valence-corrected chi connectivity index (χ4v) is 4.27. The lowest BCUT2D eigenvalue weighted by Gasteiger charge is -2.17. The molecule has 3 rings (SSSR count). The summed E-state index contributed by atoms with van der Waals surface area (Å²) in [6, 6.07) is 20.5. The van der Waals surface area contributed by atoms with E-state index in [9.17, 15) is 9.59 Å². The predicted octanol–water partition coefficient (Wildman–Crippen LogP) is 6.72. The van der Waals surface area contributed by atoms with E-state index < -0.39 is 0 Å². The fraction of sp³-hybridized carbons (Fsp3) is 0.200. The van der Waals surface area contributed by atoms with E-state index in [1.165, 1.54) is 11.8 Å². The van der Waals surface area contributed by atoms with Crippen molar-refractivity contribution in [2.75, 3.05) is 10.6 Å². The first-order chi connectivity index (χ1) is 14.9. The second kappa shape index (κ2) is 10.5. The van der Waals surface area contributed by atoms with Crippen LogP contribution in [0.25, 0.3) is 0 Å². The van der Waals surface area contributed by atoms with Gasteiger partial charge >= 0.3 is 0 Å². The van der Waals surface area contributed by atoms with E-state index in [-0.39, 0.29) is 17.1 Å². The minimum absolute atomic E-state index is 0.0768. The second-order valence-electron chi connectivity index (χ2n) is 7.27. The molecule has 3 aromatic rings. The number of anilines is 2. The molecule has 0 aromatic heterocycles. The minimum Gasteiger partial charge on any atom is -0.325 e. The molecule has 0 aliphatic rings. The highest BCUT2D eigenvalue weighted by Gasteiger charge is 2.19. The van der Waals surface area contributed by atoms with Crippen LogP contribution in [-0.4, -0.2) is 17.1 Å². The largest absolute Gasteiger partial charge is 0.325 e. The van der Waals surface area contributed by atoms with Crippen molar-refractivity contribution in [2.45, 2.75) is 37.3 Å². The fourth-order valence-electron chi connectivity index (χ4n) is 3.08. The lowest BCUT2D eigenvalue weighted by Crippen LogP contribution is -2.25. The van der Waals surface area contributed by atoms with Crippen molar-refractivity contribution < 1.29 is 9.59 Å². The van der Waals surface area contributed by atoms with Crippen LogP contribution < -0.4 is 10.6 Å². The van der Waals surface area contributed by atoms with Gasteiger partial charge in [-0.05, 0) is 68.3 Å². The van der Waals surface area contributed by atoms with Gasteiger partial charge in [-0.2, -0.15) is 0 Å². The SMILES string of the molecule is CCC(Sc1cccc(NC(=O)c2cccc(C)c2)c1)C(=O)Nc1cccc(Cl)c1C. The van der Waals surface area contributed by atoms with Gasteiger partial charge in [0, 0.05) is 26.9 Å². The molecule has 0 heterocycles. The highest BCUT2D eigenvalue weighted by molar-refractivity contribution is 8.00. The molecular weight excluding hydrogens is 428 g/mol. The Bertz CT molecular complexity index is 1100. The summed E-state index contributed by atoms with van der Waals surface area (Å²) in [4.78, 5) is 26.3. The first kappa shape index (κ1) is 22.9. The molecule has 2 amide bonds. The molecule has 2 N–H and O–H groups in total. The van der Waals surface area contributed by atoms with Gasteiger partial charge < -0.3 is 10.6 Å². The maximum atomic E-state index is 12.8. The lowest BCUT2D eigenvalue weighted by molar-refractivity contribution is -0.115. The molecule has 1 atom stereocenters. The Hall–Kier alpha value is -2.76. The molecule has 3 aromatic carbocycles. The van der Waals surface area contributed by atoms with Crippen molar-refractivity contribution >= 4 is 46.6 Å². The summed E-state index contributed by atoms with van der Waals surface area (Å²) in [6.07, 6.45) is 0.663. The van der Waals surface area contributed by atoms with E-state index in [0.29, 0.717) is 22.7 Å². The van der Waals surface area contributed by atoms with Gasteiger partial charge in [0.2, 0.25) is 5.91 Å². The van der Waals surface area contributed by atoms with Gasteiger partial charge in [-0.15, -0.1) is 11.8 Å². The van der Waals surface area contributed by atoms with Gasteiger partial charge in [-0.3, -0.25) is 9.59 Å². The number of carbonyl (C=O) groups is 2. The van der Waals surface area contributed by atoms with E-state index in [1.54, 1.807) is 12.1 Å². The third-order valence-corrected chi connectivity index (χ3v) is 6.61. The summed E-state index contributed by atoms with van der Waals surface area (Å²) in [5.41, 5.74) is 3.90. The minimum atomic E-state index is -0.277. The quantitative estimate of drug-likeness (QED) is 0.391. The van der Waals surface area contributed by atoms with E-state index in [0.717, 1.165) is 21.7 Å². The van der Waals surface area contributed by atoms with Crippen LogP contribution in [0.2, 0.25) is 5.02 Å². The van der Waals surface area contributed by atoms with E-state index in [2.05, 4.69) is 10.6 Å². The Morgan fingerprint density at radius 3 is 2.45 bits per heavy atom. The van der Waals surface area contributed by atoms with Gasteiger partial charge in [0.05, 0.1) is 5.25 Å². The molecule has 0 aliphatic heterocycles. The van der Waals surface area contributed by atoms with Gasteiger partial charge in [-0.25, -0.2) is 0 Å². The Labute approximate surface area is 192 Å². The lowest BCUT2D eigenvalue weighted by atomic mass is 10.1. The number of carbonyl (C=O) groups excluding carboxylic acids is 2. The summed E-state index contributed by atoms with van der Waals surface area (Å²) in [7, 11) is 0. The molecule has 0 saturated heterocycles. The van der Waals surface area contributed by atoms with Crippen LogP contribution in [0.5, 0.6) is 0 Å². The summed E-state index contributed by atoms with van der Waals surface area (Å²) in [5.74, 6) is -0.237. The Balaban J connectivity index is 1.69. The number of aryl methyl sites for hydroxylation is 1. The Morgan fingerprint density at radius 1 is 0.968 bits per heavy atom. The first-order valence-corrected chi connectivity index (χ1v) is 11.3. The third kappa shape index (κ3) is 6.12. The zero-order valence-electron chi connectivity index (χ0n) is 17.7. The normalized spacial score (nSPS) is 11.6. The summed E-state index contributed by atoms with van der Waals surface area (Å²) in [5, 5.41) is 6.26. The zero-order valence-corrected chi connectivity index (χ0v) is 19.3. The van der Waals surface area contributed by atoms with Crippen molar-refractivity contribution in [3.63, 3.8) is 0 Å². The topological polar surface area (TPSA) is 58.2 Å². The van der Waals surface area contributed by atoms with Crippen LogP contribution in [0, 0.1) is 13.8 Å². The molecule has 6 heteroatoms. The Kier molecular flexibility index (Phi) is 7.77. The van der Waals surface area contributed by atoms with Crippen molar-refractivity contribution in [2.24, 2.45) is 0 Å². The van der Waals surface area contributed by atoms with Crippen LogP contribution in [0.1, 0.15) is 34.8 Å². The number of nitrogens with one attached hydrogen (secondary N) is 2. The highest BCUT2D eigenvalue weighted by atomic mass is 35.5. The molecule has 160 valence electrons. The van der Waals surface area contributed by atoms with Crippen LogP contribution in [0.15, 0.2) is 71.6 Å².